The molecule has 0 aromatic heterocycles. The first-order valence-electron chi connectivity index (χ1n) is 2.62. The molecule has 0 saturated carbocycles. The normalized spacial score (nSPS) is 8.50. The van der Waals surface area contributed by atoms with Crippen LogP contribution in [-0.4, -0.2) is 5.78 Å². The van der Waals surface area contributed by atoms with Gasteiger partial charge in [0.1, 0.15) is 5.78 Å². The molecular formula is C6H12OW. The molecule has 0 spiro atoms. The summed E-state index contributed by atoms with van der Waals surface area (Å²) in [6.07, 6.45) is 0.722. The van der Waals surface area contributed by atoms with Gasteiger partial charge < -0.3 is 4.79 Å². The Balaban J connectivity index is 0. The largest absolute Gasteiger partial charge is 0.300 e. The standard InChI is InChI=1S/C6H12O.W/c1-5(2)4-6(3)7;/h5H,4H2,1-3H3;. The van der Waals surface area contributed by atoms with Crippen molar-refractivity contribution in [1.82, 2.24) is 0 Å². The maximum atomic E-state index is 10.3. The summed E-state index contributed by atoms with van der Waals surface area (Å²) in [6.45, 7) is 5.71. The Morgan fingerprint density at radius 2 is 1.88 bits per heavy atom. The molecule has 0 aliphatic heterocycles. The molecule has 0 N–H and O–H groups in total. The molecule has 0 bridgehead atoms. The number of rotatable bonds is 2. The number of ketones is 1. The van der Waals surface area contributed by atoms with Crippen LogP contribution >= 0.6 is 0 Å². The molecule has 2 heteroatoms. The van der Waals surface area contributed by atoms with Crippen LogP contribution in [0.1, 0.15) is 27.2 Å². The maximum absolute atomic E-state index is 10.3. The molecular weight excluding hydrogens is 272 g/mol. The van der Waals surface area contributed by atoms with Crippen molar-refractivity contribution in [2.24, 2.45) is 5.92 Å². The molecule has 8 heavy (non-hydrogen) atoms. The van der Waals surface area contributed by atoms with Crippen molar-refractivity contribution in [1.29, 1.82) is 0 Å². The molecule has 0 rings (SSSR count). The molecule has 0 unspecified atom stereocenters. The van der Waals surface area contributed by atoms with Crippen LogP contribution in [0.15, 0.2) is 0 Å². The zero-order valence-corrected chi connectivity index (χ0v) is 8.53. The topological polar surface area (TPSA) is 17.1 Å². The summed E-state index contributed by atoms with van der Waals surface area (Å²) >= 11 is 0. The Morgan fingerprint density at radius 1 is 1.50 bits per heavy atom. The Labute approximate surface area is 65.1 Å². The SMILES string of the molecule is CC(=O)CC(C)C.[W]. The average molecular weight is 284 g/mol. The van der Waals surface area contributed by atoms with Crippen LogP contribution < -0.4 is 0 Å². The quantitative estimate of drug-likeness (QED) is 0.753. The van der Waals surface area contributed by atoms with Crippen LogP contribution in [0, 0.1) is 5.92 Å². The van der Waals surface area contributed by atoms with Crippen molar-refractivity contribution in [3.63, 3.8) is 0 Å². The van der Waals surface area contributed by atoms with Gasteiger partial charge in [0.15, 0.2) is 0 Å². The zero-order valence-electron chi connectivity index (χ0n) is 5.60. The Kier molecular flexibility index (Phi) is 7.69. The van der Waals surface area contributed by atoms with E-state index in [1.165, 1.54) is 0 Å². The zero-order chi connectivity index (χ0) is 5.86. The van der Waals surface area contributed by atoms with E-state index in [0.29, 0.717) is 5.92 Å². The van der Waals surface area contributed by atoms with Gasteiger partial charge in [-0.2, -0.15) is 0 Å². The van der Waals surface area contributed by atoms with Crippen molar-refractivity contribution in [3.05, 3.63) is 0 Å². The summed E-state index contributed by atoms with van der Waals surface area (Å²) in [7, 11) is 0. The Bertz CT molecular complexity index is 68.9. The number of Topliss-reactive ketones (excluding diaryl/α,β-unsaturated/α-hetero) is 1. The molecule has 0 amide bonds. The minimum atomic E-state index is 0. The van der Waals surface area contributed by atoms with Crippen molar-refractivity contribution >= 4 is 5.78 Å². The van der Waals surface area contributed by atoms with Crippen LogP contribution in [0.2, 0.25) is 0 Å². The van der Waals surface area contributed by atoms with Gasteiger partial charge in [0.25, 0.3) is 0 Å². The van der Waals surface area contributed by atoms with E-state index >= 15 is 0 Å². The van der Waals surface area contributed by atoms with Crippen LogP contribution in [-0.2, 0) is 25.9 Å². The first-order chi connectivity index (χ1) is 3.13. The summed E-state index contributed by atoms with van der Waals surface area (Å²) in [4.78, 5) is 10.3. The van der Waals surface area contributed by atoms with E-state index in [-0.39, 0.29) is 26.8 Å². The van der Waals surface area contributed by atoms with Crippen LogP contribution in [0.25, 0.3) is 0 Å². The van der Waals surface area contributed by atoms with Gasteiger partial charge in [-0.25, -0.2) is 0 Å². The van der Waals surface area contributed by atoms with Crippen LogP contribution in [0.4, 0.5) is 0 Å². The molecule has 0 aromatic rings. The fourth-order valence-corrected chi connectivity index (χ4v) is 0.575. The maximum Gasteiger partial charge on any atom is 0.130 e. The molecule has 48 valence electrons. The first-order valence-corrected chi connectivity index (χ1v) is 2.62. The molecule has 0 radical (unpaired) electrons. The molecule has 0 saturated heterocycles. The van der Waals surface area contributed by atoms with E-state index in [1.807, 2.05) is 13.8 Å². The van der Waals surface area contributed by atoms with Gasteiger partial charge in [-0.3, -0.25) is 0 Å². The summed E-state index contributed by atoms with van der Waals surface area (Å²) in [5.41, 5.74) is 0. The number of hydrogen-bond acceptors (Lipinski definition) is 1. The van der Waals surface area contributed by atoms with Gasteiger partial charge in [0.2, 0.25) is 0 Å². The van der Waals surface area contributed by atoms with Crippen LogP contribution in [0.5, 0.6) is 0 Å². The fraction of sp³-hybridized carbons (Fsp3) is 0.833. The van der Waals surface area contributed by atoms with E-state index in [2.05, 4.69) is 0 Å². The molecule has 0 fully saturated rings. The van der Waals surface area contributed by atoms with Crippen molar-refractivity contribution in [2.45, 2.75) is 27.2 Å². The van der Waals surface area contributed by atoms with Crippen LogP contribution in [0.3, 0.4) is 0 Å². The number of carbonyl (C=O) groups excluding carboxylic acids is 1. The number of hydrogen-bond donors (Lipinski definition) is 0. The van der Waals surface area contributed by atoms with E-state index in [9.17, 15) is 4.79 Å². The van der Waals surface area contributed by atoms with Crippen molar-refractivity contribution < 1.29 is 25.9 Å². The first kappa shape index (κ1) is 11.2. The van der Waals surface area contributed by atoms with Gasteiger partial charge in [0, 0.05) is 27.5 Å². The van der Waals surface area contributed by atoms with Gasteiger partial charge >= 0.3 is 0 Å². The number of carbonyl (C=O) groups is 1. The third-order valence-electron chi connectivity index (χ3n) is 0.696. The Morgan fingerprint density at radius 3 is 1.88 bits per heavy atom. The van der Waals surface area contributed by atoms with Gasteiger partial charge in [-0.15, -0.1) is 0 Å². The monoisotopic (exact) mass is 284 g/mol. The molecule has 0 aromatic carbocycles. The predicted octanol–water partition coefficient (Wildman–Crippen LogP) is 1.62. The second-order valence-corrected chi connectivity index (χ2v) is 2.30. The second-order valence-electron chi connectivity index (χ2n) is 2.30. The minimum absolute atomic E-state index is 0. The summed E-state index contributed by atoms with van der Waals surface area (Å²) in [5.74, 6) is 0.813. The predicted molar refractivity (Wildman–Crippen MR) is 30.1 cm³/mol. The third kappa shape index (κ3) is 9.61. The van der Waals surface area contributed by atoms with Gasteiger partial charge in [-0.1, -0.05) is 13.8 Å². The summed E-state index contributed by atoms with van der Waals surface area (Å²) in [5, 5.41) is 0. The molecule has 0 aliphatic carbocycles. The van der Waals surface area contributed by atoms with E-state index < -0.39 is 0 Å². The molecule has 1 nitrogen and oxygen atoms in total. The van der Waals surface area contributed by atoms with Gasteiger partial charge in [-0.05, 0) is 12.8 Å². The third-order valence-corrected chi connectivity index (χ3v) is 0.696. The van der Waals surface area contributed by atoms with Gasteiger partial charge in [0.05, 0.1) is 0 Å². The van der Waals surface area contributed by atoms with E-state index in [0.717, 1.165) is 6.42 Å². The van der Waals surface area contributed by atoms with E-state index in [1.54, 1.807) is 6.92 Å². The second kappa shape index (κ2) is 5.49. The molecule has 0 heterocycles. The average Bonchev–Trinajstić information content (AvgIpc) is 1.27. The van der Waals surface area contributed by atoms with E-state index in [4.69, 9.17) is 0 Å². The van der Waals surface area contributed by atoms with Crippen molar-refractivity contribution in [2.75, 3.05) is 0 Å². The minimum Gasteiger partial charge on any atom is -0.300 e. The summed E-state index contributed by atoms with van der Waals surface area (Å²) in [6, 6.07) is 0. The summed E-state index contributed by atoms with van der Waals surface area (Å²) < 4.78 is 0. The smallest absolute Gasteiger partial charge is 0.130 e. The Hall–Kier alpha value is 0.358. The molecule has 0 atom stereocenters. The van der Waals surface area contributed by atoms with Crippen molar-refractivity contribution in [3.8, 4) is 0 Å². The molecule has 0 aliphatic rings. The fourth-order valence-electron chi connectivity index (χ4n) is 0.575.